The average Bonchev–Trinajstić information content (AvgIpc) is 3.08. The first kappa shape index (κ1) is 18.9. The quantitative estimate of drug-likeness (QED) is 0.704. The second-order valence-electron chi connectivity index (χ2n) is 6.25. The van der Waals surface area contributed by atoms with Gasteiger partial charge in [-0.3, -0.25) is 9.36 Å². The van der Waals surface area contributed by atoms with Crippen molar-refractivity contribution in [2.75, 3.05) is 0 Å². The lowest BCUT2D eigenvalue weighted by Crippen LogP contribution is -2.36. The van der Waals surface area contributed by atoms with E-state index in [1.54, 1.807) is 37.5 Å². The van der Waals surface area contributed by atoms with Crippen molar-refractivity contribution in [3.8, 4) is 11.6 Å². The number of rotatable bonds is 6. The van der Waals surface area contributed by atoms with Gasteiger partial charge in [0.05, 0.1) is 0 Å². The smallest absolute Gasteiger partial charge is 0.261 e. The number of imidazole rings is 1. The van der Waals surface area contributed by atoms with Crippen molar-refractivity contribution in [2.45, 2.75) is 33.4 Å². The maximum absolute atomic E-state index is 12.4. The average molecular weight is 385 g/mol. The van der Waals surface area contributed by atoms with Crippen LogP contribution in [-0.2, 0) is 11.3 Å². The van der Waals surface area contributed by atoms with E-state index in [9.17, 15) is 4.79 Å². The van der Waals surface area contributed by atoms with E-state index < -0.39 is 6.10 Å². The molecule has 140 valence electrons. The molecule has 0 unspecified atom stereocenters. The second kappa shape index (κ2) is 8.22. The molecule has 1 amide bonds. The van der Waals surface area contributed by atoms with Crippen LogP contribution in [0.25, 0.3) is 5.82 Å². The van der Waals surface area contributed by atoms with Crippen LogP contribution in [0.4, 0.5) is 0 Å². The van der Waals surface area contributed by atoms with Gasteiger partial charge in [-0.1, -0.05) is 11.6 Å². The monoisotopic (exact) mass is 384 g/mol. The van der Waals surface area contributed by atoms with E-state index in [1.807, 2.05) is 36.7 Å². The number of carbonyl (C=O) groups is 1. The van der Waals surface area contributed by atoms with Crippen LogP contribution in [0.1, 0.15) is 23.9 Å². The zero-order valence-electron chi connectivity index (χ0n) is 15.4. The number of halogens is 1. The summed E-state index contributed by atoms with van der Waals surface area (Å²) in [5.41, 5.74) is 1.83. The zero-order chi connectivity index (χ0) is 19.4. The molecule has 6 nitrogen and oxygen atoms in total. The Morgan fingerprint density at radius 1 is 1.22 bits per heavy atom. The van der Waals surface area contributed by atoms with Crippen molar-refractivity contribution in [1.82, 2.24) is 19.9 Å². The third-order valence-electron chi connectivity index (χ3n) is 4.16. The first-order valence-corrected chi connectivity index (χ1v) is 8.97. The minimum absolute atomic E-state index is 0.193. The Morgan fingerprint density at radius 3 is 2.74 bits per heavy atom. The Morgan fingerprint density at radius 2 is 2.04 bits per heavy atom. The maximum atomic E-state index is 12.4. The van der Waals surface area contributed by atoms with E-state index in [0.29, 0.717) is 17.3 Å². The van der Waals surface area contributed by atoms with E-state index >= 15 is 0 Å². The molecule has 3 aromatic rings. The molecule has 0 aliphatic rings. The van der Waals surface area contributed by atoms with Crippen molar-refractivity contribution in [3.63, 3.8) is 0 Å². The van der Waals surface area contributed by atoms with Crippen molar-refractivity contribution < 1.29 is 9.53 Å². The van der Waals surface area contributed by atoms with Crippen LogP contribution >= 0.6 is 11.6 Å². The molecule has 0 bridgehead atoms. The summed E-state index contributed by atoms with van der Waals surface area (Å²) in [7, 11) is 0. The molecule has 27 heavy (non-hydrogen) atoms. The Kier molecular flexibility index (Phi) is 5.76. The number of benzene rings is 1. The van der Waals surface area contributed by atoms with Crippen molar-refractivity contribution in [3.05, 3.63) is 70.9 Å². The summed E-state index contributed by atoms with van der Waals surface area (Å²) in [6.07, 6.45) is 4.67. The number of aromatic nitrogens is 3. The summed E-state index contributed by atoms with van der Waals surface area (Å²) >= 11 is 5.95. The molecule has 0 spiro atoms. The van der Waals surface area contributed by atoms with Gasteiger partial charge in [0.15, 0.2) is 6.10 Å². The molecule has 3 rings (SSSR count). The molecule has 0 saturated heterocycles. The summed E-state index contributed by atoms with van der Waals surface area (Å²) < 4.78 is 7.64. The van der Waals surface area contributed by atoms with Gasteiger partial charge in [-0.05, 0) is 62.2 Å². The summed E-state index contributed by atoms with van der Waals surface area (Å²) in [6, 6.07) is 9.10. The fraction of sp³-hybridized carbons (Fsp3) is 0.250. The van der Waals surface area contributed by atoms with Crippen molar-refractivity contribution in [2.24, 2.45) is 0 Å². The maximum Gasteiger partial charge on any atom is 0.261 e. The highest BCUT2D eigenvalue weighted by Crippen LogP contribution is 2.22. The first-order chi connectivity index (χ1) is 12.9. The number of nitrogens with one attached hydrogen (secondary N) is 1. The van der Waals surface area contributed by atoms with Gasteiger partial charge in [-0.2, -0.15) is 0 Å². The van der Waals surface area contributed by atoms with Crippen LogP contribution in [0.15, 0.2) is 48.9 Å². The summed E-state index contributed by atoms with van der Waals surface area (Å²) in [5.74, 6) is 2.06. The minimum atomic E-state index is -0.623. The molecular weight excluding hydrogens is 364 g/mol. The number of hydrogen-bond acceptors (Lipinski definition) is 4. The number of pyridine rings is 1. The van der Waals surface area contributed by atoms with Gasteiger partial charge in [-0.15, -0.1) is 0 Å². The van der Waals surface area contributed by atoms with E-state index in [-0.39, 0.29) is 5.91 Å². The molecule has 0 aliphatic heterocycles. The fourth-order valence-corrected chi connectivity index (χ4v) is 2.87. The molecule has 7 heteroatoms. The van der Waals surface area contributed by atoms with Crippen LogP contribution in [0.3, 0.4) is 0 Å². The highest BCUT2D eigenvalue weighted by molar-refractivity contribution is 6.30. The Labute approximate surface area is 163 Å². The van der Waals surface area contributed by atoms with Gasteiger partial charge in [0.25, 0.3) is 5.91 Å². The molecule has 1 atom stereocenters. The SMILES string of the molecule is Cc1cc(Cl)ccc1O[C@@H](C)C(=O)NCc1ccnc(-n2ccnc2C)c1. The van der Waals surface area contributed by atoms with Crippen LogP contribution < -0.4 is 10.1 Å². The van der Waals surface area contributed by atoms with Crippen LogP contribution in [-0.4, -0.2) is 26.5 Å². The number of nitrogens with zero attached hydrogens (tertiary/aromatic N) is 3. The summed E-state index contributed by atoms with van der Waals surface area (Å²) in [6.45, 7) is 5.90. The lowest BCUT2D eigenvalue weighted by atomic mass is 10.2. The van der Waals surface area contributed by atoms with Gasteiger partial charge >= 0.3 is 0 Å². The summed E-state index contributed by atoms with van der Waals surface area (Å²) in [4.78, 5) is 20.9. The Hall–Kier alpha value is -2.86. The predicted molar refractivity (Wildman–Crippen MR) is 104 cm³/mol. The largest absolute Gasteiger partial charge is 0.481 e. The van der Waals surface area contributed by atoms with Gasteiger partial charge in [0.1, 0.15) is 17.4 Å². The predicted octanol–water partition coefficient (Wildman–Crippen LogP) is 3.62. The van der Waals surface area contributed by atoms with Crippen molar-refractivity contribution >= 4 is 17.5 Å². The number of hydrogen-bond donors (Lipinski definition) is 1. The molecule has 0 aliphatic carbocycles. The molecule has 1 aromatic carbocycles. The lowest BCUT2D eigenvalue weighted by molar-refractivity contribution is -0.127. The van der Waals surface area contributed by atoms with E-state index in [2.05, 4.69) is 15.3 Å². The van der Waals surface area contributed by atoms with Gasteiger partial charge in [0.2, 0.25) is 0 Å². The van der Waals surface area contributed by atoms with Crippen LogP contribution in [0.5, 0.6) is 5.75 Å². The first-order valence-electron chi connectivity index (χ1n) is 8.60. The molecule has 0 fully saturated rings. The highest BCUT2D eigenvalue weighted by Gasteiger charge is 2.15. The Balaban J connectivity index is 1.61. The number of carbonyl (C=O) groups excluding carboxylic acids is 1. The Bertz CT molecular complexity index is 955. The van der Waals surface area contributed by atoms with Crippen molar-refractivity contribution in [1.29, 1.82) is 0 Å². The summed E-state index contributed by atoms with van der Waals surface area (Å²) in [5, 5.41) is 3.53. The van der Waals surface area contributed by atoms with E-state index in [0.717, 1.165) is 22.8 Å². The minimum Gasteiger partial charge on any atom is -0.481 e. The second-order valence-corrected chi connectivity index (χ2v) is 6.69. The van der Waals surface area contributed by atoms with Crippen LogP contribution in [0, 0.1) is 13.8 Å². The lowest BCUT2D eigenvalue weighted by Gasteiger charge is -2.16. The number of ether oxygens (including phenoxy) is 1. The standard InChI is InChI=1S/C20H21ClN4O2/c1-13-10-17(21)4-5-18(13)27-14(2)20(26)24-12-16-6-7-23-19(11-16)25-9-8-22-15(25)3/h4-11,14H,12H2,1-3H3,(H,24,26)/t14-/m0/s1. The number of amides is 1. The molecule has 1 N–H and O–H groups in total. The van der Waals surface area contributed by atoms with Gasteiger partial charge in [0, 0.05) is 30.2 Å². The molecule has 2 heterocycles. The highest BCUT2D eigenvalue weighted by atomic mass is 35.5. The molecule has 0 saturated carbocycles. The van der Waals surface area contributed by atoms with Gasteiger partial charge < -0.3 is 10.1 Å². The topological polar surface area (TPSA) is 69.0 Å². The third kappa shape index (κ3) is 4.65. The molecule has 2 aromatic heterocycles. The molecule has 0 radical (unpaired) electrons. The normalized spacial score (nSPS) is 11.9. The fourth-order valence-electron chi connectivity index (χ4n) is 2.64. The van der Waals surface area contributed by atoms with Gasteiger partial charge in [-0.25, -0.2) is 9.97 Å². The van der Waals surface area contributed by atoms with E-state index in [1.165, 1.54) is 0 Å². The number of aryl methyl sites for hydroxylation is 2. The van der Waals surface area contributed by atoms with Crippen LogP contribution in [0.2, 0.25) is 5.02 Å². The van der Waals surface area contributed by atoms with E-state index in [4.69, 9.17) is 16.3 Å². The zero-order valence-corrected chi connectivity index (χ0v) is 16.2. The third-order valence-corrected chi connectivity index (χ3v) is 4.39. The molecular formula is C20H21ClN4O2.